The zero-order valence-electron chi connectivity index (χ0n) is 13.5. The van der Waals surface area contributed by atoms with Crippen molar-refractivity contribution in [1.82, 2.24) is 10.2 Å². The second-order valence-corrected chi connectivity index (χ2v) is 7.72. The largest absolute Gasteiger partial charge is 0.395 e. The Hall–Kier alpha value is -0.160. The molecular weight excluding hydrogens is 264 g/mol. The van der Waals surface area contributed by atoms with Gasteiger partial charge in [-0.15, -0.1) is 0 Å². The van der Waals surface area contributed by atoms with Crippen molar-refractivity contribution in [2.75, 3.05) is 39.5 Å². The van der Waals surface area contributed by atoms with Crippen LogP contribution in [-0.4, -0.2) is 61.5 Å². The number of aliphatic hydroxyl groups is 1. The first kappa shape index (κ1) is 15.7. The molecule has 0 aromatic heterocycles. The first-order chi connectivity index (χ1) is 10.2. The number of ether oxygens (including phenoxy) is 1. The molecule has 0 bridgehead atoms. The van der Waals surface area contributed by atoms with E-state index in [0.717, 1.165) is 31.7 Å². The summed E-state index contributed by atoms with van der Waals surface area (Å²) in [6.45, 7) is 7.41. The smallest absolute Gasteiger partial charge is 0.0644 e. The van der Waals surface area contributed by atoms with Gasteiger partial charge in [0.15, 0.2) is 0 Å². The van der Waals surface area contributed by atoms with Gasteiger partial charge in [0.05, 0.1) is 25.9 Å². The minimum absolute atomic E-state index is 0.205. The predicted molar refractivity (Wildman–Crippen MR) is 84.4 cm³/mol. The topological polar surface area (TPSA) is 44.7 Å². The van der Waals surface area contributed by atoms with Crippen molar-refractivity contribution in [2.45, 2.75) is 57.5 Å². The highest BCUT2D eigenvalue weighted by molar-refractivity contribution is 4.94. The monoisotopic (exact) mass is 296 g/mol. The van der Waals surface area contributed by atoms with Gasteiger partial charge in [-0.3, -0.25) is 4.90 Å². The summed E-state index contributed by atoms with van der Waals surface area (Å²) in [7, 11) is 0. The van der Waals surface area contributed by atoms with Crippen molar-refractivity contribution < 1.29 is 9.84 Å². The quantitative estimate of drug-likeness (QED) is 0.782. The van der Waals surface area contributed by atoms with Crippen molar-refractivity contribution in [3.05, 3.63) is 0 Å². The Bertz CT molecular complexity index is 325. The Morgan fingerprint density at radius 1 is 1.24 bits per heavy atom. The van der Waals surface area contributed by atoms with Crippen LogP contribution in [0.1, 0.15) is 45.4 Å². The SMILES string of the molecule is CC1CCC(CNC2CC2)(CN2CCOCC2CO)CC1. The highest BCUT2D eigenvalue weighted by Gasteiger charge is 2.39. The van der Waals surface area contributed by atoms with Crippen molar-refractivity contribution >= 4 is 0 Å². The van der Waals surface area contributed by atoms with Crippen LogP contribution in [0.4, 0.5) is 0 Å². The highest BCUT2D eigenvalue weighted by Crippen LogP contribution is 2.40. The Labute approximate surface area is 129 Å². The van der Waals surface area contributed by atoms with Crippen molar-refractivity contribution in [3.8, 4) is 0 Å². The molecule has 4 heteroatoms. The maximum Gasteiger partial charge on any atom is 0.0644 e. The third kappa shape index (κ3) is 4.19. The lowest BCUT2D eigenvalue weighted by Crippen LogP contribution is -2.54. The van der Waals surface area contributed by atoms with Crippen LogP contribution < -0.4 is 5.32 Å². The summed E-state index contributed by atoms with van der Waals surface area (Å²) in [6, 6.07) is 0.996. The molecule has 2 saturated carbocycles. The molecule has 3 aliphatic rings. The number of hydrogen-bond acceptors (Lipinski definition) is 4. The lowest BCUT2D eigenvalue weighted by molar-refractivity contribution is -0.0513. The lowest BCUT2D eigenvalue weighted by atomic mass is 9.70. The van der Waals surface area contributed by atoms with Crippen LogP contribution >= 0.6 is 0 Å². The van der Waals surface area contributed by atoms with Crippen LogP contribution in [-0.2, 0) is 4.74 Å². The molecule has 122 valence electrons. The van der Waals surface area contributed by atoms with Gasteiger partial charge in [-0.1, -0.05) is 19.8 Å². The Morgan fingerprint density at radius 2 is 2.00 bits per heavy atom. The van der Waals surface area contributed by atoms with E-state index in [9.17, 15) is 5.11 Å². The van der Waals surface area contributed by atoms with Crippen LogP contribution in [0.2, 0.25) is 0 Å². The van der Waals surface area contributed by atoms with Gasteiger partial charge in [0, 0.05) is 25.7 Å². The van der Waals surface area contributed by atoms with Gasteiger partial charge < -0.3 is 15.2 Å². The third-order valence-corrected chi connectivity index (χ3v) is 5.78. The van der Waals surface area contributed by atoms with E-state index in [1.54, 1.807) is 0 Å². The van der Waals surface area contributed by atoms with Crippen LogP contribution in [0.3, 0.4) is 0 Å². The molecule has 0 aromatic rings. The van der Waals surface area contributed by atoms with Gasteiger partial charge in [-0.25, -0.2) is 0 Å². The van der Waals surface area contributed by atoms with E-state index in [2.05, 4.69) is 17.1 Å². The van der Waals surface area contributed by atoms with Gasteiger partial charge in [0.2, 0.25) is 0 Å². The molecule has 1 atom stereocenters. The molecule has 0 amide bonds. The first-order valence-electron chi connectivity index (χ1n) is 8.87. The first-order valence-corrected chi connectivity index (χ1v) is 8.87. The fourth-order valence-electron chi connectivity index (χ4n) is 3.91. The number of hydrogen-bond donors (Lipinski definition) is 2. The summed E-state index contributed by atoms with van der Waals surface area (Å²) in [4.78, 5) is 2.49. The molecule has 1 aliphatic heterocycles. The number of nitrogens with one attached hydrogen (secondary N) is 1. The molecular formula is C17H32N2O2. The predicted octanol–water partition coefficient (Wildman–Crippen LogP) is 1.63. The molecule has 4 nitrogen and oxygen atoms in total. The van der Waals surface area contributed by atoms with E-state index >= 15 is 0 Å². The van der Waals surface area contributed by atoms with Crippen LogP contribution in [0.5, 0.6) is 0 Å². The number of nitrogens with zero attached hydrogens (tertiary/aromatic N) is 1. The van der Waals surface area contributed by atoms with Crippen LogP contribution in [0, 0.1) is 11.3 Å². The Morgan fingerprint density at radius 3 is 2.67 bits per heavy atom. The number of morpholine rings is 1. The Balaban J connectivity index is 1.62. The summed E-state index contributed by atoms with van der Waals surface area (Å²) < 4.78 is 5.53. The number of rotatable bonds is 6. The summed E-state index contributed by atoms with van der Waals surface area (Å²) in [5.41, 5.74) is 0.417. The van der Waals surface area contributed by atoms with Crippen molar-refractivity contribution in [1.29, 1.82) is 0 Å². The molecule has 2 N–H and O–H groups in total. The summed E-state index contributed by atoms with van der Waals surface area (Å²) in [5, 5.41) is 13.4. The second-order valence-electron chi connectivity index (χ2n) is 7.72. The maximum absolute atomic E-state index is 9.61. The molecule has 0 spiro atoms. The highest BCUT2D eigenvalue weighted by atomic mass is 16.5. The fraction of sp³-hybridized carbons (Fsp3) is 1.00. The second kappa shape index (κ2) is 6.95. The standard InChI is InChI=1S/C17H32N2O2/c1-14-4-6-17(7-5-14,12-18-15-2-3-15)13-19-8-9-21-11-16(19)10-20/h14-16,18,20H,2-13H2,1H3. The summed E-state index contributed by atoms with van der Waals surface area (Å²) in [5.74, 6) is 0.886. The van der Waals surface area contributed by atoms with Gasteiger partial charge >= 0.3 is 0 Å². The molecule has 1 heterocycles. The lowest BCUT2D eigenvalue weighted by Gasteiger charge is -2.46. The minimum atomic E-state index is 0.205. The van der Waals surface area contributed by atoms with E-state index in [1.165, 1.54) is 45.1 Å². The van der Waals surface area contributed by atoms with E-state index in [-0.39, 0.29) is 12.6 Å². The summed E-state index contributed by atoms with van der Waals surface area (Å²) >= 11 is 0. The van der Waals surface area contributed by atoms with Crippen molar-refractivity contribution in [3.63, 3.8) is 0 Å². The maximum atomic E-state index is 9.61. The Kier molecular flexibility index (Phi) is 5.20. The van der Waals surface area contributed by atoms with E-state index < -0.39 is 0 Å². The van der Waals surface area contributed by atoms with E-state index in [4.69, 9.17) is 4.74 Å². The average Bonchev–Trinajstić information content (AvgIpc) is 3.33. The van der Waals surface area contributed by atoms with Gasteiger partial charge in [-0.2, -0.15) is 0 Å². The fourth-order valence-corrected chi connectivity index (χ4v) is 3.91. The normalized spacial score (nSPS) is 38.6. The van der Waals surface area contributed by atoms with Crippen LogP contribution in [0.15, 0.2) is 0 Å². The van der Waals surface area contributed by atoms with Gasteiger partial charge in [0.1, 0.15) is 0 Å². The van der Waals surface area contributed by atoms with Crippen LogP contribution in [0.25, 0.3) is 0 Å². The zero-order chi connectivity index (χ0) is 14.7. The molecule has 3 rings (SSSR count). The molecule has 0 radical (unpaired) electrons. The molecule has 0 aromatic carbocycles. The van der Waals surface area contributed by atoms with Gasteiger partial charge in [0.25, 0.3) is 0 Å². The minimum Gasteiger partial charge on any atom is -0.395 e. The van der Waals surface area contributed by atoms with E-state index in [0.29, 0.717) is 12.0 Å². The third-order valence-electron chi connectivity index (χ3n) is 5.78. The van der Waals surface area contributed by atoms with E-state index in [1.807, 2.05) is 0 Å². The molecule has 21 heavy (non-hydrogen) atoms. The summed E-state index contributed by atoms with van der Waals surface area (Å²) in [6.07, 6.45) is 8.13. The molecule has 3 fully saturated rings. The van der Waals surface area contributed by atoms with Crippen molar-refractivity contribution in [2.24, 2.45) is 11.3 Å². The van der Waals surface area contributed by atoms with Gasteiger partial charge in [-0.05, 0) is 37.0 Å². The molecule has 1 saturated heterocycles. The zero-order valence-corrected chi connectivity index (χ0v) is 13.5. The average molecular weight is 296 g/mol. The number of aliphatic hydroxyl groups excluding tert-OH is 1. The molecule has 2 aliphatic carbocycles. The molecule has 1 unspecified atom stereocenters.